The summed E-state index contributed by atoms with van der Waals surface area (Å²) >= 11 is 3.66. The van der Waals surface area contributed by atoms with Crippen molar-refractivity contribution in [1.82, 2.24) is 10.6 Å². The number of aliphatic hydroxyl groups is 1. The molecular formula is C17H27BrIN3O. The number of hydrogen-bond donors (Lipinski definition) is 3. The van der Waals surface area contributed by atoms with E-state index in [0.717, 1.165) is 25.6 Å². The van der Waals surface area contributed by atoms with Crippen LogP contribution in [0.5, 0.6) is 0 Å². The largest absolute Gasteiger partial charge is 0.396 e. The van der Waals surface area contributed by atoms with E-state index in [1.807, 2.05) is 6.92 Å². The first-order valence-corrected chi connectivity index (χ1v) is 8.78. The molecule has 1 fully saturated rings. The molecule has 1 aliphatic rings. The van der Waals surface area contributed by atoms with E-state index in [4.69, 9.17) is 10.1 Å². The molecule has 130 valence electrons. The van der Waals surface area contributed by atoms with Crippen LogP contribution >= 0.6 is 39.9 Å². The molecule has 0 spiro atoms. The van der Waals surface area contributed by atoms with Gasteiger partial charge in [0.1, 0.15) is 0 Å². The van der Waals surface area contributed by atoms with Gasteiger partial charge < -0.3 is 15.7 Å². The van der Waals surface area contributed by atoms with Crippen molar-refractivity contribution in [2.24, 2.45) is 10.9 Å². The van der Waals surface area contributed by atoms with E-state index in [-0.39, 0.29) is 41.9 Å². The Morgan fingerprint density at radius 3 is 2.61 bits per heavy atom. The third kappa shape index (κ3) is 5.90. The number of rotatable bonds is 7. The van der Waals surface area contributed by atoms with Crippen LogP contribution in [0.1, 0.15) is 32.3 Å². The predicted octanol–water partition coefficient (Wildman–Crippen LogP) is 3.28. The van der Waals surface area contributed by atoms with Gasteiger partial charge in [-0.3, -0.25) is 4.99 Å². The molecule has 4 nitrogen and oxygen atoms in total. The van der Waals surface area contributed by atoms with Gasteiger partial charge in [-0.1, -0.05) is 41.1 Å². The Balaban J connectivity index is 0.00000264. The van der Waals surface area contributed by atoms with Crippen LogP contribution in [0.25, 0.3) is 0 Å². The first-order chi connectivity index (χ1) is 10.6. The summed E-state index contributed by atoms with van der Waals surface area (Å²) in [6, 6.07) is 8.44. The summed E-state index contributed by atoms with van der Waals surface area (Å²) in [7, 11) is 0. The molecule has 6 heteroatoms. The van der Waals surface area contributed by atoms with Crippen LogP contribution in [0.15, 0.2) is 33.7 Å². The van der Waals surface area contributed by atoms with Gasteiger partial charge >= 0.3 is 0 Å². The zero-order chi connectivity index (χ0) is 16.0. The van der Waals surface area contributed by atoms with Crippen LogP contribution in [0.2, 0.25) is 0 Å². The minimum atomic E-state index is 0. The fourth-order valence-corrected chi connectivity index (χ4v) is 3.17. The highest BCUT2D eigenvalue weighted by atomic mass is 127. The van der Waals surface area contributed by atoms with E-state index in [2.05, 4.69) is 57.8 Å². The van der Waals surface area contributed by atoms with E-state index < -0.39 is 0 Å². The Morgan fingerprint density at radius 1 is 1.35 bits per heavy atom. The van der Waals surface area contributed by atoms with Crippen molar-refractivity contribution >= 4 is 45.9 Å². The van der Waals surface area contributed by atoms with Crippen LogP contribution in [-0.4, -0.2) is 37.3 Å². The van der Waals surface area contributed by atoms with Crippen LogP contribution in [0.3, 0.4) is 0 Å². The number of nitrogens with one attached hydrogen (secondary N) is 2. The average Bonchev–Trinajstić information content (AvgIpc) is 3.31. The van der Waals surface area contributed by atoms with Gasteiger partial charge in [-0.25, -0.2) is 0 Å². The molecule has 1 aromatic rings. The number of guanidine groups is 1. The maximum atomic E-state index is 9.12. The van der Waals surface area contributed by atoms with Crippen molar-refractivity contribution in [3.8, 4) is 0 Å². The zero-order valence-corrected chi connectivity index (χ0v) is 17.7. The van der Waals surface area contributed by atoms with Gasteiger partial charge in [0, 0.05) is 29.6 Å². The molecule has 3 N–H and O–H groups in total. The second-order valence-electron chi connectivity index (χ2n) is 6.12. The maximum Gasteiger partial charge on any atom is 0.191 e. The lowest BCUT2D eigenvalue weighted by Gasteiger charge is -2.18. The van der Waals surface area contributed by atoms with E-state index in [1.165, 1.54) is 22.9 Å². The molecule has 0 aromatic heterocycles. The predicted molar refractivity (Wildman–Crippen MR) is 111 cm³/mol. The van der Waals surface area contributed by atoms with Gasteiger partial charge in [0.15, 0.2) is 5.96 Å². The van der Waals surface area contributed by atoms with Gasteiger partial charge in [-0.05, 0) is 37.3 Å². The molecule has 1 atom stereocenters. The molecule has 0 amide bonds. The SMILES string of the molecule is CCNC(=NCC1(c2ccccc2Br)CC1)NCC(C)CO.I. The number of halogens is 2. The maximum absolute atomic E-state index is 9.12. The van der Waals surface area contributed by atoms with Gasteiger partial charge in [0.05, 0.1) is 6.54 Å². The minimum absolute atomic E-state index is 0. The molecule has 0 heterocycles. The van der Waals surface area contributed by atoms with Crippen molar-refractivity contribution in [3.05, 3.63) is 34.3 Å². The third-order valence-electron chi connectivity index (χ3n) is 4.11. The molecule has 1 saturated carbocycles. The number of benzene rings is 1. The highest BCUT2D eigenvalue weighted by molar-refractivity contribution is 14.0. The molecular weight excluding hydrogens is 469 g/mol. The molecule has 23 heavy (non-hydrogen) atoms. The lowest BCUT2D eigenvalue weighted by Crippen LogP contribution is -2.40. The van der Waals surface area contributed by atoms with Crippen molar-refractivity contribution in [3.63, 3.8) is 0 Å². The first-order valence-electron chi connectivity index (χ1n) is 7.99. The molecule has 0 aliphatic heterocycles. The van der Waals surface area contributed by atoms with Crippen molar-refractivity contribution < 1.29 is 5.11 Å². The Labute approximate surface area is 164 Å². The summed E-state index contributed by atoms with van der Waals surface area (Å²) in [5.41, 5.74) is 1.55. The van der Waals surface area contributed by atoms with E-state index in [9.17, 15) is 0 Å². The molecule has 0 bridgehead atoms. The summed E-state index contributed by atoms with van der Waals surface area (Å²) in [6.07, 6.45) is 2.37. The zero-order valence-electron chi connectivity index (χ0n) is 13.8. The quantitative estimate of drug-likeness (QED) is 0.309. The summed E-state index contributed by atoms with van der Waals surface area (Å²) in [6.45, 7) is 6.62. The second kappa shape index (κ2) is 9.84. The Kier molecular flexibility index (Phi) is 8.85. The number of aliphatic hydroxyl groups excluding tert-OH is 1. The molecule has 0 radical (unpaired) electrons. The standard InChI is InChI=1S/C17H26BrN3O.HI/c1-3-19-16(20-10-13(2)11-22)21-12-17(8-9-17)14-6-4-5-7-15(14)18;/h4-7,13,22H,3,8-12H2,1-2H3,(H2,19,20,21);1H. The summed E-state index contributed by atoms with van der Waals surface area (Å²) in [5.74, 6) is 1.06. The fourth-order valence-electron chi connectivity index (χ4n) is 2.46. The van der Waals surface area contributed by atoms with Gasteiger partial charge in [0.25, 0.3) is 0 Å². The minimum Gasteiger partial charge on any atom is -0.396 e. The lowest BCUT2D eigenvalue weighted by atomic mass is 9.96. The van der Waals surface area contributed by atoms with Crippen molar-refractivity contribution in [2.75, 3.05) is 26.2 Å². The topological polar surface area (TPSA) is 56.7 Å². The van der Waals surface area contributed by atoms with Gasteiger partial charge in [-0.15, -0.1) is 24.0 Å². The summed E-state index contributed by atoms with van der Waals surface area (Å²) in [5, 5.41) is 15.7. The highest BCUT2D eigenvalue weighted by Crippen LogP contribution is 2.50. The van der Waals surface area contributed by atoms with Crippen LogP contribution in [0, 0.1) is 5.92 Å². The van der Waals surface area contributed by atoms with Gasteiger partial charge in [-0.2, -0.15) is 0 Å². The molecule has 1 aliphatic carbocycles. The Morgan fingerprint density at radius 2 is 2.04 bits per heavy atom. The van der Waals surface area contributed by atoms with Gasteiger partial charge in [0.2, 0.25) is 0 Å². The Hall–Kier alpha value is -0.340. The smallest absolute Gasteiger partial charge is 0.191 e. The van der Waals surface area contributed by atoms with E-state index >= 15 is 0 Å². The van der Waals surface area contributed by atoms with E-state index in [0.29, 0.717) is 0 Å². The summed E-state index contributed by atoms with van der Waals surface area (Å²) in [4.78, 5) is 4.76. The average molecular weight is 496 g/mol. The second-order valence-corrected chi connectivity index (χ2v) is 6.98. The molecule has 0 saturated heterocycles. The lowest BCUT2D eigenvalue weighted by molar-refractivity contribution is 0.238. The van der Waals surface area contributed by atoms with Crippen LogP contribution in [0.4, 0.5) is 0 Å². The normalized spacial score (nSPS) is 17.1. The van der Waals surface area contributed by atoms with E-state index in [1.54, 1.807) is 0 Å². The molecule has 1 aromatic carbocycles. The molecule has 2 rings (SSSR count). The molecule has 1 unspecified atom stereocenters. The Bertz CT molecular complexity index is 520. The van der Waals surface area contributed by atoms with Crippen LogP contribution < -0.4 is 10.6 Å². The first kappa shape index (κ1) is 20.7. The monoisotopic (exact) mass is 495 g/mol. The highest BCUT2D eigenvalue weighted by Gasteiger charge is 2.45. The third-order valence-corrected chi connectivity index (χ3v) is 4.80. The number of nitrogens with zero attached hydrogens (tertiary/aromatic N) is 1. The number of aliphatic imine (C=N–C) groups is 1. The number of hydrogen-bond acceptors (Lipinski definition) is 2. The summed E-state index contributed by atoms with van der Waals surface area (Å²) < 4.78 is 1.18. The van der Waals surface area contributed by atoms with Crippen molar-refractivity contribution in [1.29, 1.82) is 0 Å². The van der Waals surface area contributed by atoms with Crippen LogP contribution in [-0.2, 0) is 5.41 Å². The van der Waals surface area contributed by atoms with Crippen molar-refractivity contribution in [2.45, 2.75) is 32.1 Å². The fraction of sp³-hybridized carbons (Fsp3) is 0.588.